The summed E-state index contributed by atoms with van der Waals surface area (Å²) in [4.78, 5) is 0. The third-order valence-corrected chi connectivity index (χ3v) is 4.11. The maximum atomic E-state index is 10.7. The topological polar surface area (TPSA) is 72.3 Å². The second-order valence-electron chi connectivity index (χ2n) is 8.17. The first kappa shape index (κ1) is 17.2. The normalized spacial score (nSPS) is 12.4. The summed E-state index contributed by atoms with van der Waals surface area (Å²) < 4.78 is 0. The molecule has 0 amide bonds. The highest BCUT2D eigenvalue weighted by Crippen LogP contribution is 2.50. The minimum absolute atomic E-state index is 0.111. The monoisotopic (exact) mass is 312 g/mol. The summed E-state index contributed by atoms with van der Waals surface area (Å²) in [6.07, 6.45) is 0. The van der Waals surface area contributed by atoms with Crippen LogP contribution in [0.1, 0.15) is 52.7 Å². The van der Waals surface area contributed by atoms with Crippen LogP contribution in [0.5, 0.6) is 5.75 Å². The van der Waals surface area contributed by atoms with Gasteiger partial charge in [0, 0.05) is 11.1 Å². The van der Waals surface area contributed by atoms with Crippen LogP contribution < -0.4 is 11.5 Å². The van der Waals surface area contributed by atoms with Crippen molar-refractivity contribution in [3.05, 3.63) is 41.5 Å². The maximum absolute atomic E-state index is 10.7. The maximum Gasteiger partial charge on any atom is 0.144 e. The third kappa shape index (κ3) is 3.00. The molecule has 23 heavy (non-hydrogen) atoms. The summed E-state index contributed by atoms with van der Waals surface area (Å²) in [5.74, 6) is 0.111. The second-order valence-corrected chi connectivity index (χ2v) is 8.17. The number of nitrogen functional groups attached to an aromatic ring is 2. The van der Waals surface area contributed by atoms with Gasteiger partial charge >= 0.3 is 0 Å². The zero-order valence-corrected chi connectivity index (χ0v) is 15.0. The summed E-state index contributed by atoms with van der Waals surface area (Å²) in [6, 6.07) is 10.0. The van der Waals surface area contributed by atoms with Crippen molar-refractivity contribution in [1.29, 1.82) is 0 Å². The highest BCUT2D eigenvalue weighted by Gasteiger charge is 2.34. The van der Waals surface area contributed by atoms with Gasteiger partial charge in [-0.3, -0.25) is 0 Å². The first-order valence-electron chi connectivity index (χ1n) is 7.96. The molecule has 0 radical (unpaired) electrons. The van der Waals surface area contributed by atoms with Crippen LogP contribution in [0.2, 0.25) is 0 Å². The number of hydrogen-bond donors (Lipinski definition) is 3. The quantitative estimate of drug-likeness (QED) is 0.522. The zero-order valence-electron chi connectivity index (χ0n) is 15.0. The molecular formula is C20H28N2O. The summed E-state index contributed by atoms with van der Waals surface area (Å²) in [6.45, 7) is 12.7. The van der Waals surface area contributed by atoms with Crippen LogP contribution in [-0.2, 0) is 10.8 Å². The smallest absolute Gasteiger partial charge is 0.144 e. The van der Waals surface area contributed by atoms with Crippen molar-refractivity contribution in [2.24, 2.45) is 0 Å². The molecule has 0 aliphatic carbocycles. The Morgan fingerprint density at radius 3 is 1.65 bits per heavy atom. The number of benzene rings is 2. The molecule has 0 atom stereocenters. The number of anilines is 2. The lowest BCUT2D eigenvalue weighted by molar-refractivity contribution is 0.438. The van der Waals surface area contributed by atoms with Gasteiger partial charge in [0.05, 0.1) is 11.4 Å². The molecule has 5 N–H and O–H groups in total. The Balaban J connectivity index is 3.05. The Kier molecular flexibility index (Phi) is 4.10. The van der Waals surface area contributed by atoms with Crippen molar-refractivity contribution in [1.82, 2.24) is 0 Å². The van der Waals surface area contributed by atoms with E-state index in [1.165, 1.54) is 0 Å². The van der Waals surface area contributed by atoms with Crippen LogP contribution in [0.15, 0.2) is 30.3 Å². The largest absolute Gasteiger partial charge is 0.505 e. The van der Waals surface area contributed by atoms with Crippen molar-refractivity contribution in [2.75, 3.05) is 11.5 Å². The Morgan fingerprint density at radius 1 is 0.739 bits per heavy atom. The molecule has 0 aliphatic heterocycles. The molecule has 0 aliphatic rings. The van der Waals surface area contributed by atoms with Crippen molar-refractivity contribution < 1.29 is 5.11 Å². The van der Waals surface area contributed by atoms with E-state index in [2.05, 4.69) is 41.5 Å². The van der Waals surface area contributed by atoms with E-state index in [0.717, 1.165) is 22.3 Å². The Bertz CT molecular complexity index is 720. The predicted octanol–water partition coefficient (Wildman–Crippen LogP) is 4.82. The van der Waals surface area contributed by atoms with E-state index in [1.807, 2.05) is 30.3 Å². The van der Waals surface area contributed by atoms with Crippen LogP contribution >= 0.6 is 0 Å². The molecule has 2 aromatic carbocycles. The van der Waals surface area contributed by atoms with Gasteiger partial charge in [0.25, 0.3) is 0 Å². The highest BCUT2D eigenvalue weighted by molar-refractivity contribution is 5.92. The summed E-state index contributed by atoms with van der Waals surface area (Å²) >= 11 is 0. The van der Waals surface area contributed by atoms with Gasteiger partial charge in [-0.25, -0.2) is 0 Å². The Labute approximate surface area is 139 Å². The Morgan fingerprint density at radius 2 is 1.22 bits per heavy atom. The molecule has 3 heteroatoms. The van der Waals surface area contributed by atoms with E-state index in [9.17, 15) is 5.11 Å². The Hall–Kier alpha value is -2.16. The van der Waals surface area contributed by atoms with Crippen molar-refractivity contribution in [2.45, 2.75) is 52.4 Å². The minimum atomic E-state index is -0.252. The summed E-state index contributed by atoms with van der Waals surface area (Å²) in [5.41, 5.74) is 16.6. The fourth-order valence-corrected chi connectivity index (χ4v) is 3.16. The number of aromatic hydroxyl groups is 1. The molecule has 2 aromatic rings. The lowest BCUT2D eigenvalue weighted by Crippen LogP contribution is -2.24. The average Bonchev–Trinajstić information content (AvgIpc) is 2.42. The van der Waals surface area contributed by atoms with Crippen LogP contribution in [0.25, 0.3) is 11.1 Å². The first-order valence-corrected chi connectivity index (χ1v) is 7.96. The zero-order chi connectivity index (χ0) is 17.6. The van der Waals surface area contributed by atoms with E-state index in [-0.39, 0.29) is 22.3 Å². The van der Waals surface area contributed by atoms with Crippen molar-refractivity contribution >= 4 is 11.4 Å². The molecular weight excluding hydrogens is 284 g/mol. The lowest BCUT2D eigenvalue weighted by atomic mass is 9.71. The summed E-state index contributed by atoms with van der Waals surface area (Å²) in [7, 11) is 0. The average molecular weight is 312 g/mol. The standard InChI is InChI=1S/C20H28N2O/c1-19(2,3)14-13(12-10-8-7-9-11-12)16(21)17(22)18(23)15(14)20(4,5)6/h7-11,23H,21-22H2,1-6H3. The molecule has 0 unspecified atom stereocenters. The van der Waals surface area contributed by atoms with E-state index in [1.54, 1.807) is 0 Å². The molecule has 124 valence electrons. The van der Waals surface area contributed by atoms with E-state index in [4.69, 9.17) is 11.5 Å². The first-order chi connectivity index (χ1) is 10.5. The van der Waals surface area contributed by atoms with E-state index in [0.29, 0.717) is 5.69 Å². The van der Waals surface area contributed by atoms with Gasteiger partial charge in [-0.15, -0.1) is 0 Å². The SMILES string of the molecule is CC(C)(C)c1c(O)c(N)c(N)c(-c2ccccc2)c1C(C)(C)C. The van der Waals surface area contributed by atoms with Gasteiger partial charge < -0.3 is 16.6 Å². The molecule has 3 nitrogen and oxygen atoms in total. The van der Waals surface area contributed by atoms with Gasteiger partial charge in [0.1, 0.15) is 5.75 Å². The molecule has 0 heterocycles. The number of hydrogen-bond acceptors (Lipinski definition) is 3. The number of nitrogens with two attached hydrogens (primary N) is 2. The minimum Gasteiger partial charge on any atom is -0.505 e. The number of rotatable bonds is 1. The fraction of sp³-hybridized carbons (Fsp3) is 0.400. The van der Waals surface area contributed by atoms with Crippen LogP contribution in [-0.4, -0.2) is 5.11 Å². The van der Waals surface area contributed by atoms with Gasteiger partial charge in [-0.2, -0.15) is 0 Å². The predicted molar refractivity (Wildman–Crippen MR) is 99.8 cm³/mol. The third-order valence-electron chi connectivity index (χ3n) is 4.11. The molecule has 0 saturated heterocycles. The van der Waals surface area contributed by atoms with Crippen LogP contribution in [0.3, 0.4) is 0 Å². The van der Waals surface area contributed by atoms with Gasteiger partial charge in [0.2, 0.25) is 0 Å². The molecule has 0 bridgehead atoms. The second kappa shape index (κ2) is 5.48. The van der Waals surface area contributed by atoms with E-state index < -0.39 is 0 Å². The molecule has 0 spiro atoms. The highest BCUT2D eigenvalue weighted by atomic mass is 16.3. The van der Waals surface area contributed by atoms with Crippen molar-refractivity contribution in [3.63, 3.8) is 0 Å². The van der Waals surface area contributed by atoms with Gasteiger partial charge in [-0.05, 0) is 22.0 Å². The van der Waals surface area contributed by atoms with Gasteiger partial charge in [0.15, 0.2) is 0 Å². The molecule has 0 aromatic heterocycles. The summed E-state index contributed by atoms with van der Waals surface area (Å²) in [5, 5.41) is 10.7. The lowest BCUT2D eigenvalue weighted by Gasteiger charge is -2.34. The van der Waals surface area contributed by atoms with Gasteiger partial charge in [-0.1, -0.05) is 71.9 Å². The van der Waals surface area contributed by atoms with Crippen molar-refractivity contribution in [3.8, 4) is 16.9 Å². The van der Waals surface area contributed by atoms with E-state index >= 15 is 0 Å². The molecule has 2 rings (SSSR count). The molecule has 0 fully saturated rings. The molecule has 0 saturated carbocycles. The number of phenolic OH excluding ortho intramolecular Hbond substituents is 1. The number of phenols is 1. The fourth-order valence-electron chi connectivity index (χ4n) is 3.16. The van der Waals surface area contributed by atoms with Crippen LogP contribution in [0, 0.1) is 0 Å². The van der Waals surface area contributed by atoms with Crippen LogP contribution in [0.4, 0.5) is 11.4 Å².